The number of rotatable bonds is 5. The second-order valence-corrected chi connectivity index (χ2v) is 8.51. The van der Waals surface area contributed by atoms with Crippen LogP contribution in [-0.4, -0.2) is 10.9 Å². The Hall–Kier alpha value is -2.40. The Morgan fingerprint density at radius 1 is 1.00 bits per heavy atom. The van der Waals surface area contributed by atoms with Crippen molar-refractivity contribution in [2.45, 2.75) is 19.9 Å². The van der Waals surface area contributed by atoms with Gasteiger partial charge in [-0.15, -0.1) is 0 Å². The van der Waals surface area contributed by atoms with Gasteiger partial charge in [0, 0.05) is 5.02 Å². The summed E-state index contributed by atoms with van der Waals surface area (Å²) in [6.07, 6.45) is 0.955. The third kappa shape index (κ3) is 4.30. The van der Waals surface area contributed by atoms with Crippen LogP contribution in [0.4, 0.5) is 5.13 Å². The van der Waals surface area contributed by atoms with Gasteiger partial charge in [0.15, 0.2) is 5.13 Å². The lowest BCUT2D eigenvalue weighted by molar-refractivity contribution is 0.0985. The number of hydrogen-bond acceptors (Lipinski definition) is 3. The molecular weight excluding hydrogens is 423 g/mol. The molecule has 0 aliphatic rings. The van der Waals surface area contributed by atoms with Gasteiger partial charge in [0.1, 0.15) is 0 Å². The highest BCUT2D eigenvalue weighted by Crippen LogP contribution is 2.33. The lowest BCUT2D eigenvalue weighted by atomic mass is 10.1. The first-order chi connectivity index (χ1) is 14.0. The van der Waals surface area contributed by atoms with E-state index < -0.39 is 0 Å². The molecule has 0 bridgehead atoms. The molecule has 3 nitrogen and oxygen atoms in total. The standard InChI is InChI=1S/C23H18Cl2N2OS/c1-2-15-8-11-20-21(12-15)29-23(26-20)27(14-16-6-4-3-5-7-16)22(28)18-10-9-17(24)13-19(18)25/h3-13H,2,14H2,1H3. The van der Waals surface area contributed by atoms with Crippen LogP contribution in [0.15, 0.2) is 66.7 Å². The largest absolute Gasteiger partial charge is 0.279 e. The molecule has 0 unspecified atom stereocenters. The van der Waals surface area contributed by atoms with Crippen LogP contribution in [-0.2, 0) is 13.0 Å². The van der Waals surface area contributed by atoms with Crippen molar-refractivity contribution in [3.63, 3.8) is 0 Å². The van der Waals surface area contributed by atoms with Gasteiger partial charge in [0.25, 0.3) is 5.91 Å². The fraction of sp³-hybridized carbons (Fsp3) is 0.130. The van der Waals surface area contributed by atoms with Crippen LogP contribution >= 0.6 is 34.5 Å². The van der Waals surface area contributed by atoms with Gasteiger partial charge in [-0.05, 0) is 47.9 Å². The van der Waals surface area contributed by atoms with Crippen LogP contribution < -0.4 is 4.90 Å². The van der Waals surface area contributed by atoms with Crippen LogP contribution in [0.3, 0.4) is 0 Å². The van der Waals surface area contributed by atoms with Crippen LogP contribution in [0.1, 0.15) is 28.4 Å². The fourth-order valence-electron chi connectivity index (χ4n) is 3.09. The maximum absolute atomic E-state index is 13.4. The highest BCUT2D eigenvalue weighted by molar-refractivity contribution is 7.22. The number of nitrogens with zero attached hydrogens (tertiary/aromatic N) is 2. The maximum atomic E-state index is 13.4. The van der Waals surface area contributed by atoms with E-state index in [9.17, 15) is 4.79 Å². The normalized spacial score (nSPS) is 11.0. The summed E-state index contributed by atoms with van der Waals surface area (Å²) >= 11 is 13.8. The molecule has 146 valence electrons. The summed E-state index contributed by atoms with van der Waals surface area (Å²) in [5.41, 5.74) is 3.55. The first-order valence-electron chi connectivity index (χ1n) is 9.25. The Morgan fingerprint density at radius 3 is 2.52 bits per heavy atom. The Balaban J connectivity index is 1.78. The minimum absolute atomic E-state index is 0.203. The van der Waals surface area contributed by atoms with Gasteiger partial charge in [-0.3, -0.25) is 9.69 Å². The average molecular weight is 441 g/mol. The molecule has 4 rings (SSSR count). The summed E-state index contributed by atoms with van der Waals surface area (Å²) in [6.45, 7) is 2.52. The number of fused-ring (bicyclic) bond motifs is 1. The Morgan fingerprint density at radius 2 is 1.79 bits per heavy atom. The molecule has 4 aromatic rings. The molecule has 6 heteroatoms. The number of carbonyl (C=O) groups excluding carboxylic acids is 1. The first kappa shape index (κ1) is 19.9. The van der Waals surface area contributed by atoms with Crippen molar-refractivity contribution in [1.29, 1.82) is 0 Å². The number of hydrogen-bond donors (Lipinski definition) is 0. The van der Waals surface area contributed by atoms with Crippen LogP contribution in [0.25, 0.3) is 10.2 Å². The predicted octanol–water partition coefficient (Wildman–Crippen LogP) is 7.01. The molecule has 29 heavy (non-hydrogen) atoms. The third-order valence-corrected chi connectivity index (χ3v) is 6.26. The van der Waals surface area contributed by atoms with E-state index in [4.69, 9.17) is 28.2 Å². The SMILES string of the molecule is CCc1ccc2nc(N(Cc3ccccc3)C(=O)c3ccc(Cl)cc3Cl)sc2c1. The van der Waals surface area contributed by atoms with E-state index in [0.29, 0.717) is 27.3 Å². The lowest BCUT2D eigenvalue weighted by Gasteiger charge is -2.20. The summed E-state index contributed by atoms with van der Waals surface area (Å²) in [4.78, 5) is 19.9. The summed E-state index contributed by atoms with van der Waals surface area (Å²) in [5.74, 6) is -0.203. The number of aromatic nitrogens is 1. The molecule has 1 aromatic heterocycles. The van der Waals surface area contributed by atoms with Crippen LogP contribution in [0.5, 0.6) is 0 Å². The van der Waals surface area contributed by atoms with Crippen molar-refractivity contribution in [3.05, 3.63) is 93.5 Å². The number of amides is 1. The number of anilines is 1. The molecular formula is C23H18Cl2N2OS. The smallest absolute Gasteiger partial charge is 0.261 e. The van der Waals surface area contributed by atoms with Crippen molar-refractivity contribution < 1.29 is 4.79 Å². The van der Waals surface area contributed by atoms with Crippen molar-refractivity contribution in [2.75, 3.05) is 4.90 Å². The van der Waals surface area contributed by atoms with Crippen LogP contribution in [0.2, 0.25) is 10.0 Å². The first-order valence-corrected chi connectivity index (χ1v) is 10.8. The quantitative estimate of drug-likeness (QED) is 0.334. The minimum atomic E-state index is -0.203. The molecule has 0 aliphatic carbocycles. The third-order valence-electron chi connectivity index (χ3n) is 4.67. The lowest BCUT2D eigenvalue weighted by Crippen LogP contribution is -2.30. The number of aryl methyl sites for hydroxylation is 1. The topological polar surface area (TPSA) is 33.2 Å². The highest BCUT2D eigenvalue weighted by Gasteiger charge is 2.23. The van der Waals surface area contributed by atoms with Crippen molar-refractivity contribution in [2.24, 2.45) is 0 Å². The number of benzene rings is 3. The number of thiazole rings is 1. The monoisotopic (exact) mass is 440 g/mol. The maximum Gasteiger partial charge on any atom is 0.261 e. The van der Waals surface area contributed by atoms with E-state index >= 15 is 0 Å². The Bertz CT molecular complexity index is 1170. The number of carbonyl (C=O) groups is 1. The van der Waals surface area contributed by atoms with E-state index in [1.807, 2.05) is 36.4 Å². The molecule has 0 aliphatic heterocycles. The van der Waals surface area contributed by atoms with Gasteiger partial charge in [0.05, 0.1) is 27.3 Å². The molecule has 0 N–H and O–H groups in total. The Labute approximate surface area is 183 Å². The van der Waals surface area contributed by atoms with Gasteiger partial charge in [-0.1, -0.05) is 77.9 Å². The zero-order valence-corrected chi connectivity index (χ0v) is 18.1. The van der Waals surface area contributed by atoms with E-state index in [1.165, 1.54) is 16.9 Å². The van der Waals surface area contributed by atoms with E-state index in [2.05, 4.69) is 19.1 Å². The molecule has 0 atom stereocenters. The molecule has 0 spiro atoms. The van der Waals surface area contributed by atoms with E-state index in [1.54, 1.807) is 23.1 Å². The average Bonchev–Trinajstić information content (AvgIpc) is 3.15. The zero-order valence-electron chi connectivity index (χ0n) is 15.7. The zero-order chi connectivity index (χ0) is 20.4. The number of halogens is 2. The minimum Gasteiger partial charge on any atom is -0.279 e. The summed E-state index contributed by atoms with van der Waals surface area (Å²) < 4.78 is 1.06. The van der Waals surface area contributed by atoms with Gasteiger partial charge >= 0.3 is 0 Å². The van der Waals surface area contributed by atoms with Gasteiger partial charge in [-0.2, -0.15) is 0 Å². The molecule has 0 radical (unpaired) electrons. The highest BCUT2D eigenvalue weighted by atomic mass is 35.5. The summed E-state index contributed by atoms with van der Waals surface area (Å²) in [7, 11) is 0. The molecule has 1 heterocycles. The summed E-state index contributed by atoms with van der Waals surface area (Å²) in [5, 5.41) is 1.47. The molecule has 0 saturated carbocycles. The van der Waals surface area contributed by atoms with Crippen molar-refractivity contribution in [3.8, 4) is 0 Å². The predicted molar refractivity (Wildman–Crippen MR) is 122 cm³/mol. The van der Waals surface area contributed by atoms with Crippen LogP contribution in [0, 0.1) is 0 Å². The van der Waals surface area contributed by atoms with E-state index in [-0.39, 0.29) is 5.91 Å². The molecule has 0 saturated heterocycles. The van der Waals surface area contributed by atoms with Gasteiger partial charge < -0.3 is 0 Å². The van der Waals surface area contributed by atoms with Crippen molar-refractivity contribution >= 4 is 55.8 Å². The molecule has 1 amide bonds. The second-order valence-electron chi connectivity index (χ2n) is 6.65. The van der Waals surface area contributed by atoms with Crippen molar-refractivity contribution in [1.82, 2.24) is 4.98 Å². The second kappa shape index (κ2) is 8.54. The van der Waals surface area contributed by atoms with E-state index in [0.717, 1.165) is 22.2 Å². The Kier molecular flexibility index (Phi) is 5.86. The van der Waals surface area contributed by atoms with Gasteiger partial charge in [-0.25, -0.2) is 4.98 Å². The van der Waals surface area contributed by atoms with Gasteiger partial charge in [0.2, 0.25) is 0 Å². The molecule has 3 aromatic carbocycles. The summed E-state index contributed by atoms with van der Waals surface area (Å²) in [6, 6.07) is 21.0. The fourth-order valence-corrected chi connectivity index (χ4v) is 4.61. The molecule has 0 fully saturated rings.